The van der Waals surface area contributed by atoms with E-state index >= 15 is 0 Å². The molecule has 2 aromatic rings. The van der Waals surface area contributed by atoms with Crippen LogP contribution in [0.15, 0.2) is 36.5 Å². The van der Waals surface area contributed by atoms with Gasteiger partial charge in [0.1, 0.15) is 0 Å². The second kappa shape index (κ2) is 4.95. The molecule has 4 heteroatoms. The number of carbonyl (C=O) groups excluding carboxylic acids is 1. The molecule has 2 aliphatic heterocycles. The van der Waals surface area contributed by atoms with E-state index in [9.17, 15) is 4.79 Å². The smallest absolute Gasteiger partial charge is 0.254 e. The minimum atomic E-state index is 0.154. The molecule has 1 fully saturated rings. The van der Waals surface area contributed by atoms with Crippen LogP contribution in [0.5, 0.6) is 0 Å². The molecule has 108 valence electrons. The van der Waals surface area contributed by atoms with E-state index in [1.165, 1.54) is 11.3 Å². The van der Waals surface area contributed by atoms with Gasteiger partial charge in [-0.2, -0.15) is 0 Å². The van der Waals surface area contributed by atoms with Crippen LogP contribution in [-0.2, 0) is 6.42 Å². The van der Waals surface area contributed by atoms with E-state index in [0.717, 1.165) is 43.6 Å². The molecule has 0 aliphatic carbocycles. The Kier molecular flexibility index (Phi) is 2.95. The molecule has 1 saturated heterocycles. The zero-order valence-corrected chi connectivity index (χ0v) is 11.9. The number of aromatic amines is 1. The van der Waals surface area contributed by atoms with Crippen molar-refractivity contribution in [3.63, 3.8) is 0 Å². The summed E-state index contributed by atoms with van der Waals surface area (Å²) in [6, 6.07) is 10.3. The lowest BCUT2D eigenvalue weighted by atomic mass is 10.1. The molecule has 4 nitrogen and oxygen atoms in total. The fraction of sp³-hybridized carbons (Fsp3) is 0.353. The zero-order chi connectivity index (χ0) is 14.2. The summed E-state index contributed by atoms with van der Waals surface area (Å²) in [5.41, 5.74) is 4.39. The molecule has 4 rings (SSSR count). The third-order valence-corrected chi connectivity index (χ3v) is 4.56. The lowest BCUT2D eigenvalue weighted by Crippen LogP contribution is -2.30. The predicted octanol–water partition coefficient (Wildman–Crippen LogP) is 2.96. The molecular weight excluding hydrogens is 262 g/mol. The van der Waals surface area contributed by atoms with Crippen molar-refractivity contribution in [2.24, 2.45) is 0 Å². The number of anilines is 1. The summed E-state index contributed by atoms with van der Waals surface area (Å²) in [7, 11) is 0. The van der Waals surface area contributed by atoms with Gasteiger partial charge in [-0.3, -0.25) is 4.79 Å². The van der Waals surface area contributed by atoms with E-state index in [-0.39, 0.29) is 11.9 Å². The largest absolute Gasteiger partial charge is 0.384 e. The highest BCUT2D eigenvalue weighted by Crippen LogP contribution is 2.33. The summed E-state index contributed by atoms with van der Waals surface area (Å²) in [5, 5.41) is 3.34. The van der Waals surface area contributed by atoms with Crippen molar-refractivity contribution in [2.45, 2.75) is 25.3 Å². The lowest BCUT2D eigenvalue weighted by molar-refractivity contribution is 0.0733. The van der Waals surface area contributed by atoms with Gasteiger partial charge in [0.2, 0.25) is 0 Å². The van der Waals surface area contributed by atoms with E-state index in [1.807, 2.05) is 29.3 Å². The number of hydrogen-bond acceptors (Lipinski definition) is 2. The van der Waals surface area contributed by atoms with Gasteiger partial charge in [-0.1, -0.05) is 0 Å². The highest BCUT2D eigenvalue weighted by Gasteiger charge is 2.31. The minimum absolute atomic E-state index is 0.154. The Hall–Kier alpha value is -2.23. The molecule has 1 amide bonds. The first-order chi connectivity index (χ1) is 10.3. The van der Waals surface area contributed by atoms with Gasteiger partial charge in [0, 0.05) is 36.2 Å². The van der Waals surface area contributed by atoms with E-state index in [4.69, 9.17) is 0 Å². The second-order valence-electron chi connectivity index (χ2n) is 5.83. The van der Waals surface area contributed by atoms with Crippen LogP contribution in [0.4, 0.5) is 5.69 Å². The van der Waals surface area contributed by atoms with E-state index in [2.05, 4.69) is 22.4 Å². The van der Waals surface area contributed by atoms with Gasteiger partial charge in [0.15, 0.2) is 0 Å². The topological polar surface area (TPSA) is 48.1 Å². The maximum Gasteiger partial charge on any atom is 0.254 e. The van der Waals surface area contributed by atoms with Gasteiger partial charge in [0.05, 0.1) is 6.04 Å². The third-order valence-electron chi connectivity index (χ3n) is 4.56. The molecule has 3 heterocycles. The maximum atomic E-state index is 12.8. The number of benzene rings is 1. The Labute approximate surface area is 124 Å². The predicted molar refractivity (Wildman–Crippen MR) is 82.4 cm³/mol. The molecule has 1 aromatic heterocycles. The summed E-state index contributed by atoms with van der Waals surface area (Å²) < 4.78 is 0. The van der Waals surface area contributed by atoms with Crippen molar-refractivity contribution in [2.75, 3.05) is 18.4 Å². The van der Waals surface area contributed by atoms with Crippen molar-refractivity contribution < 1.29 is 4.79 Å². The first-order valence-electron chi connectivity index (χ1n) is 7.64. The van der Waals surface area contributed by atoms with Crippen LogP contribution in [0.2, 0.25) is 0 Å². The average molecular weight is 281 g/mol. The molecule has 0 saturated carbocycles. The number of fused-ring (bicyclic) bond motifs is 1. The number of rotatable bonds is 2. The van der Waals surface area contributed by atoms with Crippen molar-refractivity contribution in [3.05, 3.63) is 53.3 Å². The van der Waals surface area contributed by atoms with Crippen LogP contribution in [0, 0.1) is 0 Å². The number of amides is 1. The summed E-state index contributed by atoms with van der Waals surface area (Å²) in [6.07, 6.45) is 5.05. The Morgan fingerprint density at radius 3 is 3.10 bits per heavy atom. The summed E-state index contributed by atoms with van der Waals surface area (Å²) >= 11 is 0. The first kappa shape index (κ1) is 12.5. The highest BCUT2D eigenvalue weighted by atomic mass is 16.2. The second-order valence-corrected chi connectivity index (χ2v) is 5.83. The molecule has 2 N–H and O–H groups in total. The molecule has 2 aliphatic rings. The molecule has 1 unspecified atom stereocenters. The number of H-pyrrole nitrogens is 1. The average Bonchev–Trinajstić information content (AvgIpc) is 3.24. The molecule has 21 heavy (non-hydrogen) atoms. The summed E-state index contributed by atoms with van der Waals surface area (Å²) in [5.74, 6) is 0.154. The van der Waals surface area contributed by atoms with Gasteiger partial charge >= 0.3 is 0 Å². The number of hydrogen-bond donors (Lipinski definition) is 2. The summed E-state index contributed by atoms with van der Waals surface area (Å²) in [6.45, 7) is 1.82. The molecule has 1 aromatic carbocycles. The van der Waals surface area contributed by atoms with Crippen LogP contribution < -0.4 is 5.32 Å². The monoisotopic (exact) mass is 281 g/mol. The van der Waals surface area contributed by atoms with Crippen molar-refractivity contribution in [3.8, 4) is 0 Å². The number of carbonyl (C=O) groups is 1. The van der Waals surface area contributed by atoms with Gasteiger partial charge in [-0.05, 0) is 55.2 Å². The minimum Gasteiger partial charge on any atom is -0.384 e. The van der Waals surface area contributed by atoms with E-state index in [0.29, 0.717) is 0 Å². The van der Waals surface area contributed by atoms with Crippen LogP contribution >= 0.6 is 0 Å². The third kappa shape index (κ3) is 2.11. The zero-order valence-electron chi connectivity index (χ0n) is 11.9. The number of nitrogens with one attached hydrogen (secondary N) is 2. The van der Waals surface area contributed by atoms with Gasteiger partial charge in [-0.25, -0.2) is 0 Å². The standard InChI is InChI=1S/C17H19N3O/c21-17(13-5-6-14-12(11-13)7-9-19-14)20-10-2-4-16(20)15-3-1-8-18-15/h1,3,5-6,8,11,16,18-19H,2,4,7,9-10H2. The van der Waals surface area contributed by atoms with Crippen molar-refractivity contribution in [1.29, 1.82) is 0 Å². The SMILES string of the molecule is O=C(c1ccc2c(c1)CCN2)N1CCCC1c1ccc[nH]1. The Morgan fingerprint density at radius 1 is 1.29 bits per heavy atom. The van der Waals surface area contributed by atoms with E-state index < -0.39 is 0 Å². The van der Waals surface area contributed by atoms with Crippen LogP contribution in [0.1, 0.15) is 40.5 Å². The Balaban J connectivity index is 1.62. The molecular formula is C17H19N3O. The van der Waals surface area contributed by atoms with Crippen LogP contribution in [-0.4, -0.2) is 28.9 Å². The molecule has 0 bridgehead atoms. The molecule has 0 spiro atoms. The number of likely N-dealkylation sites (tertiary alicyclic amines) is 1. The summed E-state index contributed by atoms with van der Waals surface area (Å²) in [4.78, 5) is 18.1. The van der Waals surface area contributed by atoms with Gasteiger partial charge < -0.3 is 15.2 Å². The van der Waals surface area contributed by atoms with Gasteiger partial charge in [-0.15, -0.1) is 0 Å². The number of aromatic nitrogens is 1. The van der Waals surface area contributed by atoms with Crippen LogP contribution in [0.25, 0.3) is 0 Å². The van der Waals surface area contributed by atoms with Crippen LogP contribution in [0.3, 0.4) is 0 Å². The lowest BCUT2D eigenvalue weighted by Gasteiger charge is -2.24. The maximum absolute atomic E-state index is 12.8. The highest BCUT2D eigenvalue weighted by molar-refractivity contribution is 5.95. The fourth-order valence-electron chi connectivity index (χ4n) is 3.49. The quantitative estimate of drug-likeness (QED) is 0.889. The van der Waals surface area contributed by atoms with Gasteiger partial charge in [0.25, 0.3) is 5.91 Å². The van der Waals surface area contributed by atoms with Crippen molar-refractivity contribution in [1.82, 2.24) is 9.88 Å². The first-order valence-corrected chi connectivity index (χ1v) is 7.64. The fourth-order valence-corrected chi connectivity index (χ4v) is 3.49. The van der Waals surface area contributed by atoms with Crippen molar-refractivity contribution >= 4 is 11.6 Å². The Bertz CT molecular complexity index is 663. The molecule has 1 atom stereocenters. The van der Waals surface area contributed by atoms with E-state index in [1.54, 1.807) is 0 Å². The Morgan fingerprint density at radius 2 is 2.24 bits per heavy atom. The normalized spacial score (nSPS) is 20.4. The molecule has 0 radical (unpaired) electrons. The number of nitrogens with zero attached hydrogens (tertiary/aromatic N) is 1.